The summed E-state index contributed by atoms with van der Waals surface area (Å²) >= 11 is 0. The Hall–Kier alpha value is -0.610. The first-order chi connectivity index (χ1) is 4.85. The lowest BCUT2D eigenvalue weighted by Crippen LogP contribution is -2.41. The molecule has 5 N–H and O–H groups in total. The zero-order valence-corrected chi connectivity index (χ0v) is 7.59. The Morgan fingerprint density at radius 1 is 1.36 bits per heavy atom. The second-order valence-electron chi connectivity index (χ2n) is 3.18. The van der Waals surface area contributed by atoms with Crippen molar-refractivity contribution in [3.05, 3.63) is 0 Å². The molecule has 0 saturated heterocycles. The first kappa shape index (κ1) is 13.0. The number of carboxylic acids is 1. The zero-order valence-electron chi connectivity index (χ0n) is 7.59. The van der Waals surface area contributed by atoms with Crippen molar-refractivity contribution < 1.29 is 9.90 Å². The van der Waals surface area contributed by atoms with Crippen molar-refractivity contribution in [1.29, 1.82) is 0 Å². The van der Waals surface area contributed by atoms with Gasteiger partial charge < -0.3 is 16.6 Å². The van der Waals surface area contributed by atoms with Gasteiger partial charge in [-0.05, 0) is 12.5 Å². The quantitative estimate of drug-likeness (QED) is 0.507. The molecule has 0 rings (SSSR count). The summed E-state index contributed by atoms with van der Waals surface area (Å²) in [4.78, 5) is 10.2. The van der Waals surface area contributed by atoms with Crippen LogP contribution in [0, 0.1) is 5.41 Å². The lowest BCUT2D eigenvalue weighted by atomic mass is 9.88. The lowest BCUT2D eigenvalue weighted by molar-refractivity contribution is -0.141. The molecule has 0 radical (unpaired) electrons. The van der Waals surface area contributed by atoms with Crippen LogP contribution in [0.2, 0.25) is 0 Å². The Balaban J connectivity index is 0. The number of hydrogen-bond donors (Lipinski definition) is 3. The smallest absolute Gasteiger partial charge is 0.321 e. The van der Waals surface area contributed by atoms with E-state index in [9.17, 15) is 4.79 Å². The zero-order chi connectivity index (χ0) is 9.65. The normalized spacial score (nSPS) is 12.9. The second kappa shape index (κ2) is 5.09. The van der Waals surface area contributed by atoms with E-state index in [0.717, 1.165) is 0 Å². The number of aliphatic carboxylic acids is 1. The van der Waals surface area contributed by atoms with Gasteiger partial charge in [0.1, 0.15) is 6.04 Å². The van der Waals surface area contributed by atoms with E-state index in [1.165, 1.54) is 7.05 Å². The van der Waals surface area contributed by atoms with Gasteiger partial charge in [-0.25, -0.2) is 0 Å². The van der Waals surface area contributed by atoms with E-state index in [1.54, 1.807) is 20.8 Å². The Kier molecular flexibility index (Phi) is 6.03. The summed E-state index contributed by atoms with van der Waals surface area (Å²) in [6.45, 7) is 5.39. The van der Waals surface area contributed by atoms with Crippen molar-refractivity contribution >= 4 is 5.97 Å². The van der Waals surface area contributed by atoms with Crippen LogP contribution in [0.25, 0.3) is 0 Å². The van der Waals surface area contributed by atoms with Gasteiger partial charge in [0, 0.05) is 0 Å². The minimum Gasteiger partial charge on any atom is -0.480 e. The molecule has 4 heteroatoms. The third kappa shape index (κ3) is 5.82. The van der Waals surface area contributed by atoms with Gasteiger partial charge in [0.15, 0.2) is 0 Å². The van der Waals surface area contributed by atoms with Crippen molar-refractivity contribution in [2.45, 2.75) is 26.8 Å². The van der Waals surface area contributed by atoms with Crippen LogP contribution in [0.5, 0.6) is 0 Å². The van der Waals surface area contributed by atoms with Gasteiger partial charge >= 0.3 is 5.97 Å². The van der Waals surface area contributed by atoms with E-state index in [2.05, 4.69) is 5.73 Å². The number of rotatable bonds is 1. The predicted octanol–water partition coefficient (Wildman–Crippen LogP) is 0.0193. The molecular formula is C7H18N2O2. The minimum atomic E-state index is -0.942. The molecule has 0 aromatic carbocycles. The first-order valence-corrected chi connectivity index (χ1v) is 3.42. The average Bonchev–Trinajstić information content (AvgIpc) is 1.89. The monoisotopic (exact) mass is 162 g/mol. The van der Waals surface area contributed by atoms with Crippen LogP contribution in [0.1, 0.15) is 20.8 Å². The summed E-state index contributed by atoms with van der Waals surface area (Å²) in [6.07, 6.45) is 0. The lowest BCUT2D eigenvalue weighted by Gasteiger charge is -2.22. The number of hydrogen-bond acceptors (Lipinski definition) is 3. The Bertz CT molecular complexity index is 118. The molecular weight excluding hydrogens is 144 g/mol. The van der Waals surface area contributed by atoms with Crippen molar-refractivity contribution in [2.75, 3.05) is 7.05 Å². The van der Waals surface area contributed by atoms with E-state index < -0.39 is 12.0 Å². The van der Waals surface area contributed by atoms with Crippen LogP contribution in [0.4, 0.5) is 0 Å². The molecule has 0 aromatic rings. The Morgan fingerprint density at radius 3 is 1.64 bits per heavy atom. The van der Waals surface area contributed by atoms with Crippen molar-refractivity contribution in [1.82, 2.24) is 0 Å². The number of carboxylic acid groups (broad SMARTS) is 1. The fraction of sp³-hybridized carbons (Fsp3) is 0.857. The van der Waals surface area contributed by atoms with Gasteiger partial charge in [-0.15, -0.1) is 0 Å². The Morgan fingerprint density at radius 2 is 1.64 bits per heavy atom. The van der Waals surface area contributed by atoms with E-state index in [4.69, 9.17) is 10.8 Å². The van der Waals surface area contributed by atoms with Crippen LogP contribution < -0.4 is 11.5 Å². The number of carbonyl (C=O) groups is 1. The maximum Gasteiger partial charge on any atom is 0.321 e. The molecule has 0 heterocycles. The van der Waals surface area contributed by atoms with Crippen LogP contribution in [-0.2, 0) is 4.79 Å². The molecule has 0 fully saturated rings. The molecule has 0 amide bonds. The average molecular weight is 162 g/mol. The summed E-state index contributed by atoms with van der Waals surface area (Å²) in [7, 11) is 1.50. The topological polar surface area (TPSA) is 89.3 Å². The molecule has 0 spiro atoms. The van der Waals surface area contributed by atoms with Crippen LogP contribution in [-0.4, -0.2) is 24.2 Å². The van der Waals surface area contributed by atoms with Gasteiger partial charge in [0.05, 0.1) is 0 Å². The fourth-order valence-corrected chi connectivity index (χ4v) is 0.370. The largest absolute Gasteiger partial charge is 0.480 e. The molecule has 0 aliphatic carbocycles. The highest BCUT2D eigenvalue weighted by Crippen LogP contribution is 2.16. The third-order valence-electron chi connectivity index (χ3n) is 1.20. The molecule has 0 unspecified atom stereocenters. The third-order valence-corrected chi connectivity index (χ3v) is 1.20. The van der Waals surface area contributed by atoms with Crippen LogP contribution >= 0.6 is 0 Å². The van der Waals surface area contributed by atoms with Crippen molar-refractivity contribution in [2.24, 2.45) is 16.9 Å². The highest BCUT2D eigenvalue weighted by Gasteiger charge is 2.26. The first-order valence-electron chi connectivity index (χ1n) is 3.42. The molecule has 0 aliphatic rings. The summed E-state index contributed by atoms with van der Waals surface area (Å²) in [5, 5.41) is 8.39. The van der Waals surface area contributed by atoms with Crippen molar-refractivity contribution in [3.8, 4) is 0 Å². The molecule has 68 valence electrons. The molecule has 4 nitrogen and oxygen atoms in total. The number of nitrogens with two attached hydrogens (primary N) is 2. The van der Waals surface area contributed by atoms with E-state index in [-0.39, 0.29) is 5.41 Å². The molecule has 0 aromatic heterocycles. The fourth-order valence-electron chi connectivity index (χ4n) is 0.370. The molecule has 1 atom stereocenters. The highest BCUT2D eigenvalue weighted by molar-refractivity contribution is 5.74. The maximum absolute atomic E-state index is 10.2. The van der Waals surface area contributed by atoms with Gasteiger partial charge in [0.2, 0.25) is 0 Å². The molecule has 0 bridgehead atoms. The summed E-state index contributed by atoms with van der Waals surface area (Å²) in [5.74, 6) is -0.942. The highest BCUT2D eigenvalue weighted by atomic mass is 16.4. The van der Waals surface area contributed by atoms with Crippen LogP contribution in [0.3, 0.4) is 0 Å². The van der Waals surface area contributed by atoms with Crippen LogP contribution in [0.15, 0.2) is 0 Å². The molecule has 0 aliphatic heterocycles. The second-order valence-corrected chi connectivity index (χ2v) is 3.18. The molecule has 11 heavy (non-hydrogen) atoms. The summed E-state index contributed by atoms with van der Waals surface area (Å²) in [6, 6.07) is -0.766. The summed E-state index contributed by atoms with van der Waals surface area (Å²) < 4.78 is 0. The molecule has 0 saturated carbocycles. The van der Waals surface area contributed by atoms with Gasteiger partial charge in [0.25, 0.3) is 0 Å². The van der Waals surface area contributed by atoms with E-state index in [1.807, 2.05) is 0 Å². The maximum atomic E-state index is 10.2. The Labute approximate surface area is 67.6 Å². The van der Waals surface area contributed by atoms with Gasteiger partial charge in [-0.2, -0.15) is 0 Å². The minimum absolute atomic E-state index is 0.341. The van der Waals surface area contributed by atoms with E-state index in [0.29, 0.717) is 0 Å². The summed E-state index contributed by atoms with van der Waals surface area (Å²) in [5.41, 5.74) is 9.45. The standard InChI is InChI=1S/C6H13NO2.CH5N/c1-6(2,3)4(7)5(8)9;1-2/h4H,7H2,1-3H3,(H,8,9);2H2,1H3/t4-;/m1./s1. The van der Waals surface area contributed by atoms with E-state index >= 15 is 0 Å². The van der Waals surface area contributed by atoms with Crippen molar-refractivity contribution in [3.63, 3.8) is 0 Å². The van der Waals surface area contributed by atoms with Gasteiger partial charge in [-0.1, -0.05) is 20.8 Å². The van der Waals surface area contributed by atoms with Gasteiger partial charge in [-0.3, -0.25) is 4.79 Å². The SMILES string of the molecule is CC(C)(C)[C@H](N)C(=O)O.CN. The predicted molar refractivity (Wildman–Crippen MR) is 45.2 cm³/mol.